The highest BCUT2D eigenvalue weighted by Crippen LogP contribution is 2.30. The molecule has 0 aliphatic heterocycles. The zero-order chi connectivity index (χ0) is 28.6. The molecule has 13 heteroatoms. The first-order chi connectivity index (χ1) is 19.1. The van der Waals surface area contributed by atoms with Gasteiger partial charge >= 0.3 is 6.36 Å². The second kappa shape index (κ2) is 14.6. The number of rotatable bonds is 13. The molecule has 0 spiro atoms. The molecule has 1 fully saturated rings. The van der Waals surface area contributed by atoms with Gasteiger partial charge in [-0.05, 0) is 93.3 Å². The van der Waals surface area contributed by atoms with E-state index in [0.717, 1.165) is 92.6 Å². The first-order valence-electron chi connectivity index (χ1n) is 13.4. The Morgan fingerprint density at radius 1 is 0.902 bits per heavy atom. The van der Waals surface area contributed by atoms with Gasteiger partial charge in [0.05, 0.1) is 10.4 Å². The first kappa shape index (κ1) is 32.4. The monoisotopic (exact) mass is 596 g/mol. The van der Waals surface area contributed by atoms with Gasteiger partial charge in [0, 0.05) is 25.0 Å². The molecule has 1 aliphatic rings. The minimum Gasteiger partial charge on any atom is -0.406 e. The number of para-hydroxylation sites is 1. The Bertz CT molecular complexity index is 1350. The molecule has 0 saturated heterocycles. The number of nitrogens with one attached hydrogen (secondary N) is 3. The van der Waals surface area contributed by atoms with Gasteiger partial charge in [0.2, 0.25) is 16.0 Å². The maximum absolute atomic E-state index is 12.6. The second-order valence-electron chi connectivity index (χ2n) is 9.97. The number of fused-ring (bicyclic) bond motifs is 1. The van der Waals surface area contributed by atoms with Crippen LogP contribution in [-0.4, -0.2) is 50.9 Å². The lowest BCUT2D eigenvalue weighted by Crippen LogP contribution is -2.32. The number of anilines is 2. The van der Waals surface area contributed by atoms with Gasteiger partial charge < -0.3 is 21.1 Å². The molecule has 41 heavy (non-hydrogen) atoms. The number of hydrogen-bond acceptors (Lipinski definition) is 8. The van der Waals surface area contributed by atoms with Crippen LogP contribution in [0.15, 0.2) is 53.4 Å². The molecule has 0 atom stereocenters. The third-order valence-corrected chi connectivity index (χ3v) is 8.41. The lowest BCUT2D eigenvalue weighted by Gasteiger charge is -2.28. The summed E-state index contributed by atoms with van der Waals surface area (Å²) in [5.74, 6) is 1.48. The summed E-state index contributed by atoms with van der Waals surface area (Å²) >= 11 is 0. The Morgan fingerprint density at radius 2 is 1.56 bits per heavy atom. The minimum atomic E-state index is -4.83. The molecular weight excluding hydrogens is 557 g/mol. The van der Waals surface area contributed by atoms with Crippen LogP contribution in [0.5, 0.6) is 5.75 Å². The van der Waals surface area contributed by atoms with Crippen molar-refractivity contribution in [3.05, 3.63) is 48.5 Å². The molecule has 1 saturated carbocycles. The summed E-state index contributed by atoms with van der Waals surface area (Å²) in [4.78, 5) is 9.26. The summed E-state index contributed by atoms with van der Waals surface area (Å²) in [7, 11) is -3.84. The molecule has 1 heterocycles. The fraction of sp³-hybridized carbons (Fsp3) is 0.500. The molecule has 1 aromatic heterocycles. The Morgan fingerprint density at radius 3 is 2.22 bits per heavy atom. The van der Waals surface area contributed by atoms with E-state index in [1.54, 1.807) is 0 Å². The van der Waals surface area contributed by atoms with Crippen molar-refractivity contribution in [1.82, 2.24) is 14.7 Å². The smallest absolute Gasteiger partial charge is 0.406 e. The van der Waals surface area contributed by atoms with Crippen molar-refractivity contribution in [1.29, 1.82) is 0 Å². The highest BCUT2D eigenvalue weighted by atomic mass is 32.2. The molecule has 4 rings (SSSR count). The van der Waals surface area contributed by atoms with Gasteiger partial charge in [0.25, 0.3) is 0 Å². The summed E-state index contributed by atoms with van der Waals surface area (Å²) in [6.07, 6.45) is 0.653. The molecule has 5 N–H and O–H groups in total. The molecule has 0 amide bonds. The Labute approximate surface area is 239 Å². The molecular formula is C28H39F3N6O3S. The van der Waals surface area contributed by atoms with Crippen LogP contribution in [0, 0.1) is 11.8 Å². The third kappa shape index (κ3) is 9.72. The van der Waals surface area contributed by atoms with Crippen molar-refractivity contribution in [2.75, 3.05) is 36.8 Å². The van der Waals surface area contributed by atoms with Crippen LogP contribution in [0.3, 0.4) is 0 Å². The van der Waals surface area contributed by atoms with Crippen molar-refractivity contribution < 1.29 is 26.3 Å². The van der Waals surface area contributed by atoms with E-state index in [9.17, 15) is 21.6 Å². The molecule has 1 aliphatic carbocycles. The molecule has 0 unspecified atom stereocenters. The number of ether oxygens (including phenoxy) is 1. The molecule has 3 aromatic rings. The topological polar surface area (TPSA) is 131 Å². The number of aromatic nitrogens is 2. The fourth-order valence-corrected chi connectivity index (χ4v) is 5.89. The largest absolute Gasteiger partial charge is 0.573 e. The number of unbranched alkanes of at least 4 members (excludes halogenated alkanes) is 1. The third-order valence-electron chi connectivity index (χ3n) is 6.97. The highest BCUT2D eigenvalue weighted by Gasteiger charge is 2.31. The fourth-order valence-electron chi connectivity index (χ4n) is 4.77. The number of nitrogens with two attached hydrogens (primary N) is 1. The molecule has 9 nitrogen and oxygen atoms in total. The van der Waals surface area contributed by atoms with E-state index in [1.807, 2.05) is 24.3 Å². The lowest BCUT2D eigenvalue weighted by atomic mass is 9.82. The van der Waals surface area contributed by atoms with Gasteiger partial charge in [-0.3, -0.25) is 0 Å². The Kier molecular flexibility index (Phi) is 11.6. The first-order valence-corrected chi connectivity index (χ1v) is 14.9. The Hall–Kier alpha value is -3.16. The van der Waals surface area contributed by atoms with Crippen molar-refractivity contribution >= 4 is 32.7 Å². The van der Waals surface area contributed by atoms with Gasteiger partial charge in [0.15, 0.2) is 0 Å². The van der Waals surface area contributed by atoms with E-state index in [1.165, 1.54) is 0 Å². The predicted octanol–water partition coefficient (Wildman–Crippen LogP) is 5.51. The van der Waals surface area contributed by atoms with E-state index in [0.29, 0.717) is 18.4 Å². The number of nitrogens with zero attached hydrogens (tertiary/aromatic N) is 2. The van der Waals surface area contributed by atoms with Crippen LogP contribution in [0.2, 0.25) is 0 Å². The van der Waals surface area contributed by atoms with Crippen LogP contribution in [0.4, 0.5) is 24.9 Å². The number of alkyl halides is 3. The zero-order valence-corrected chi connectivity index (χ0v) is 22.9. The van der Waals surface area contributed by atoms with E-state index in [4.69, 9.17) is 10.7 Å². The van der Waals surface area contributed by atoms with Crippen molar-refractivity contribution in [3.8, 4) is 5.75 Å². The molecule has 226 valence electrons. The average molecular weight is 597 g/mol. The SMILES string of the molecule is C.NCCCCNc1nc(NCC2CCC(CNS(=O)(=O)c3ccc(OC(F)(F)F)cc3)CC2)nc2ccccc12. The zero-order valence-electron chi connectivity index (χ0n) is 22.1. The van der Waals surface area contributed by atoms with E-state index in [-0.39, 0.29) is 24.8 Å². The summed E-state index contributed by atoms with van der Waals surface area (Å²) in [6.45, 7) is 2.43. The van der Waals surface area contributed by atoms with E-state index < -0.39 is 22.1 Å². The second-order valence-corrected chi connectivity index (χ2v) is 11.7. The number of halogens is 3. The van der Waals surface area contributed by atoms with Crippen LogP contribution >= 0.6 is 0 Å². The lowest BCUT2D eigenvalue weighted by molar-refractivity contribution is -0.274. The van der Waals surface area contributed by atoms with Crippen LogP contribution in [0.25, 0.3) is 10.9 Å². The van der Waals surface area contributed by atoms with Crippen molar-refractivity contribution in [2.24, 2.45) is 17.6 Å². The van der Waals surface area contributed by atoms with Gasteiger partial charge in [-0.1, -0.05) is 19.6 Å². The highest BCUT2D eigenvalue weighted by molar-refractivity contribution is 7.89. The van der Waals surface area contributed by atoms with E-state index >= 15 is 0 Å². The summed E-state index contributed by atoms with van der Waals surface area (Å²) in [5.41, 5.74) is 6.46. The van der Waals surface area contributed by atoms with E-state index in [2.05, 4.69) is 25.1 Å². The van der Waals surface area contributed by atoms with Crippen LogP contribution in [-0.2, 0) is 10.0 Å². The molecule has 0 bridgehead atoms. The Balaban J connectivity index is 0.00000462. The maximum atomic E-state index is 12.6. The summed E-state index contributed by atoms with van der Waals surface area (Å²) < 4.78 is 68.6. The predicted molar refractivity (Wildman–Crippen MR) is 155 cm³/mol. The van der Waals surface area contributed by atoms with Crippen LogP contribution in [0.1, 0.15) is 46.0 Å². The maximum Gasteiger partial charge on any atom is 0.573 e. The average Bonchev–Trinajstić information content (AvgIpc) is 2.93. The van der Waals surface area contributed by atoms with Crippen molar-refractivity contribution in [3.63, 3.8) is 0 Å². The number of hydrogen-bond donors (Lipinski definition) is 4. The van der Waals surface area contributed by atoms with Crippen LogP contribution < -0.4 is 25.8 Å². The molecule has 0 radical (unpaired) electrons. The normalized spacial score (nSPS) is 17.6. The van der Waals surface area contributed by atoms with Gasteiger partial charge in [-0.15, -0.1) is 13.2 Å². The minimum absolute atomic E-state index is 0. The van der Waals surface area contributed by atoms with Gasteiger partial charge in [-0.25, -0.2) is 18.1 Å². The van der Waals surface area contributed by atoms with Gasteiger partial charge in [-0.2, -0.15) is 4.98 Å². The summed E-state index contributed by atoms with van der Waals surface area (Å²) in [5, 5.41) is 7.75. The van der Waals surface area contributed by atoms with Crippen molar-refractivity contribution in [2.45, 2.75) is 57.2 Å². The quantitative estimate of drug-likeness (QED) is 0.190. The number of benzene rings is 2. The number of sulfonamides is 1. The molecule has 2 aromatic carbocycles. The standard InChI is InChI=1S/C27H35F3N6O3S.CH4/c28-27(29,30)39-21-11-13-22(14-12-21)40(37,38)34-18-20-9-7-19(8-10-20)17-33-26-35-24-6-2-1-5-23(24)25(36-26)32-16-4-3-15-31;/h1-2,5-6,11-14,19-20,34H,3-4,7-10,15-18,31H2,(H2,32,33,35,36);1H4. The summed E-state index contributed by atoms with van der Waals surface area (Å²) in [6, 6.07) is 12.0. The van der Waals surface area contributed by atoms with Gasteiger partial charge in [0.1, 0.15) is 11.6 Å².